The van der Waals surface area contributed by atoms with Gasteiger partial charge in [0.25, 0.3) is 0 Å². The lowest BCUT2D eigenvalue weighted by atomic mass is 10.2. The van der Waals surface area contributed by atoms with E-state index in [1.807, 2.05) is 0 Å². The van der Waals surface area contributed by atoms with Crippen molar-refractivity contribution < 1.29 is 30.8 Å². The molecule has 0 bridgehead atoms. The number of halogens is 3. The molecule has 2 aromatic heterocycles. The fourth-order valence-corrected chi connectivity index (χ4v) is 3.24. The normalized spacial score (nSPS) is 11.9. The fraction of sp³-hybridized carbons (Fsp3) is 0.250. The Bertz CT molecular complexity index is 1080. The zero-order valence-corrected chi connectivity index (χ0v) is 15.6. The molecule has 0 atom stereocenters. The average molecular weight is 418 g/mol. The van der Waals surface area contributed by atoms with Crippen LogP contribution >= 0.6 is 0 Å². The number of sulfone groups is 1. The van der Waals surface area contributed by atoms with Crippen LogP contribution in [-0.4, -0.2) is 31.2 Å². The molecular weight excluding hydrogens is 401 g/mol. The van der Waals surface area contributed by atoms with E-state index in [2.05, 4.69) is 20.7 Å². The van der Waals surface area contributed by atoms with Gasteiger partial charge in [0.05, 0.1) is 23.3 Å². The molecule has 0 fully saturated rings. The predicted octanol–water partition coefficient (Wildman–Crippen LogP) is 2.79. The first-order valence-electron chi connectivity index (χ1n) is 7.73. The van der Waals surface area contributed by atoms with E-state index >= 15 is 0 Å². The van der Waals surface area contributed by atoms with Crippen molar-refractivity contribution in [2.24, 2.45) is 5.90 Å². The van der Waals surface area contributed by atoms with Crippen LogP contribution in [0.1, 0.15) is 12.5 Å². The molecule has 152 valence electrons. The first kappa shape index (κ1) is 21.6. The molecule has 3 rings (SSSR count). The molecule has 0 radical (unpaired) electrons. The third-order valence-corrected chi connectivity index (χ3v) is 5.27. The first-order chi connectivity index (χ1) is 13.0. The van der Waals surface area contributed by atoms with Crippen molar-refractivity contribution in [1.29, 1.82) is 0 Å². The third kappa shape index (κ3) is 4.58. The summed E-state index contributed by atoms with van der Waals surface area (Å²) in [7, 11) is -2.26. The van der Waals surface area contributed by atoms with Crippen molar-refractivity contribution >= 4 is 26.8 Å². The van der Waals surface area contributed by atoms with E-state index in [1.165, 1.54) is 26.2 Å². The lowest BCUT2D eigenvalue weighted by molar-refractivity contribution is -0.137. The van der Waals surface area contributed by atoms with Crippen LogP contribution in [0.2, 0.25) is 0 Å². The lowest BCUT2D eigenvalue weighted by Crippen LogP contribution is -2.08. The number of pyridine rings is 1. The van der Waals surface area contributed by atoms with Crippen molar-refractivity contribution in [1.82, 2.24) is 9.97 Å². The summed E-state index contributed by atoms with van der Waals surface area (Å²) in [4.78, 5) is 11.5. The Morgan fingerprint density at radius 3 is 2.39 bits per heavy atom. The van der Waals surface area contributed by atoms with Crippen LogP contribution in [0.5, 0.6) is 0 Å². The standard InChI is InChI=1S/C15H12F3N3O3S.CH5NO/c1-2-25(22,23)11-5-6-12(19)21-13(11)14-20-9-7-8(15(16,17)18)3-4-10(9)24-14;1-3-2/h3-7H,2H2,1H3,(H2,19,21);2H2,1H3. The van der Waals surface area contributed by atoms with Gasteiger partial charge in [-0.25, -0.2) is 24.3 Å². The maximum atomic E-state index is 12.8. The van der Waals surface area contributed by atoms with Crippen molar-refractivity contribution in [2.45, 2.75) is 18.0 Å². The molecule has 0 aliphatic carbocycles. The summed E-state index contributed by atoms with van der Waals surface area (Å²) in [6.07, 6.45) is -4.53. The minimum Gasteiger partial charge on any atom is -0.435 e. The van der Waals surface area contributed by atoms with Gasteiger partial charge in [-0.05, 0) is 30.3 Å². The lowest BCUT2D eigenvalue weighted by Gasteiger charge is -2.06. The number of benzene rings is 1. The largest absolute Gasteiger partial charge is 0.435 e. The molecular formula is C16H17F3N4O4S. The fourth-order valence-electron chi connectivity index (χ4n) is 2.23. The number of oxazole rings is 1. The summed E-state index contributed by atoms with van der Waals surface area (Å²) in [5.41, 5.74) is 4.60. The molecule has 2 heterocycles. The first-order valence-corrected chi connectivity index (χ1v) is 9.39. The van der Waals surface area contributed by atoms with E-state index in [1.54, 1.807) is 0 Å². The second-order valence-electron chi connectivity index (χ2n) is 5.42. The van der Waals surface area contributed by atoms with E-state index in [4.69, 9.17) is 10.2 Å². The van der Waals surface area contributed by atoms with E-state index in [0.717, 1.165) is 18.2 Å². The molecule has 4 N–H and O–H groups in total. The summed E-state index contributed by atoms with van der Waals surface area (Å²) in [6, 6.07) is 5.38. The van der Waals surface area contributed by atoms with Crippen molar-refractivity contribution in [3.63, 3.8) is 0 Å². The molecule has 8 nitrogen and oxygen atoms in total. The minimum atomic E-state index is -4.53. The summed E-state index contributed by atoms with van der Waals surface area (Å²) >= 11 is 0. The molecule has 0 unspecified atom stereocenters. The third-order valence-electron chi connectivity index (χ3n) is 3.51. The SMILES string of the molecule is CCS(=O)(=O)c1ccc(N)nc1-c1nc2cc(C(F)(F)F)ccc2o1.CON. The van der Waals surface area contributed by atoms with Crippen molar-refractivity contribution in [3.8, 4) is 11.6 Å². The number of rotatable bonds is 3. The van der Waals surface area contributed by atoms with E-state index < -0.39 is 21.6 Å². The Kier molecular flexibility index (Phi) is 6.27. The van der Waals surface area contributed by atoms with Gasteiger partial charge in [0, 0.05) is 0 Å². The topological polar surface area (TPSA) is 134 Å². The molecule has 0 spiro atoms. The van der Waals surface area contributed by atoms with Gasteiger partial charge in [-0.1, -0.05) is 6.92 Å². The smallest absolute Gasteiger partial charge is 0.416 e. The van der Waals surface area contributed by atoms with Gasteiger partial charge < -0.3 is 15.0 Å². The number of hydrogen-bond acceptors (Lipinski definition) is 8. The average Bonchev–Trinajstić information content (AvgIpc) is 3.04. The minimum absolute atomic E-state index is 0.0308. The number of nitrogens with two attached hydrogens (primary N) is 2. The highest BCUT2D eigenvalue weighted by atomic mass is 32.2. The number of nitrogens with zero attached hydrogens (tertiary/aromatic N) is 2. The molecule has 3 aromatic rings. The number of nitrogen functional groups attached to an aromatic ring is 1. The second-order valence-corrected chi connectivity index (χ2v) is 7.67. The molecule has 0 aliphatic rings. The van der Waals surface area contributed by atoms with Crippen LogP contribution in [0.3, 0.4) is 0 Å². The van der Waals surface area contributed by atoms with Crippen molar-refractivity contribution in [2.75, 3.05) is 18.6 Å². The van der Waals surface area contributed by atoms with Gasteiger partial charge >= 0.3 is 6.18 Å². The number of alkyl halides is 3. The molecule has 0 aliphatic heterocycles. The molecule has 0 saturated heterocycles. The van der Waals surface area contributed by atoms with Gasteiger partial charge in [-0.3, -0.25) is 0 Å². The van der Waals surface area contributed by atoms with E-state index in [-0.39, 0.29) is 39.2 Å². The van der Waals surface area contributed by atoms with E-state index in [0.29, 0.717) is 0 Å². The monoisotopic (exact) mass is 418 g/mol. The highest BCUT2D eigenvalue weighted by molar-refractivity contribution is 7.91. The highest BCUT2D eigenvalue weighted by Gasteiger charge is 2.31. The van der Waals surface area contributed by atoms with Gasteiger partial charge in [0.1, 0.15) is 17.0 Å². The van der Waals surface area contributed by atoms with Crippen LogP contribution < -0.4 is 11.6 Å². The Morgan fingerprint density at radius 1 is 1.18 bits per heavy atom. The van der Waals surface area contributed by atoms with Crippen molar-refractivity contribution in [3.05, 3.63) is 35.9 Å². The highest BCUT2D eigenvalue weighted by Crippen LogP contribution is 2.34. The number of hydrogen-bond donors (Lipinski definition) is 2. The number of anilines is 1. The second kappa shape index (κ2) is 8.12. The molecule has 1 aromatic carbocycles. The van der Waals surface area contributed by atoms with Gasteiger partial charge in [0.2, 0.25) is 5.89 Å². The van der Waals surface area contributed by atoms with Crippen LogP contribution in [0, 0.1) is 0 Å². The maximum Gasteiger partial charge on any atom is 0.416 e. The molecule has 12 heteroatoms. The summed E-state index contributed by atoms with van der Waals surface area (Å²) < 4.78 is 68.2. The van der Waals surface area contributed by atoms with Gasteiger partial charge in [-0.2, -0.15) is 13.2 Å². The van der Waals surface area contributed by atoms with Crippen LogP contribution in [-0.2, 0) is 20.9 Å². The maximum absolute atomic E-state index is 12.8. The summed E-state index contributed by atoms with van der Waals surface area (Å²) in [5, 5.41) is 0. The summed E-state index contributed by atoms with van der Waals surface area (Å²) in [5.74, 6) is 3.97. The number of fused-ring (bicyclic) bond motifs is 1. The zero-order valence-electron chi connectivity index (χ0n) is 14.8. The Labute approximate surface area is 158 Å². The molecule has 0 amide bonds. The Morgan fingerprint density at radius 2 is 1.82 bits per heavy atom. The quantitative estimate of drug-likeness (QED) is 0.620. The van der Waals surface area contributed by atoms with Crippen LogP contribution in [0.25, 0.3) is 22.7 Å². The Balaban J connectivity index is 0.000000878. The van der Waals surface area contributed by atoms with E-state index in [9.17, 15) is 21.6 Å². The zero-order chi connectivity index (χ0) is 21.1. The molecule has 28 heavy (non-hydrogen) atoms. The van der Waals surface area contributed by atoms with Gasteiger partial charge in [0.15, 0.2) is 15.4 Å². The number of aromatic nitrogens is 2. The summed E-state index contributed by atoms with van der Waals surface area (Å²) in [6.45, 7) is 1.46. The predicted molar refractivity (Wildman–Crippen MR) is 95.6 cm³/mol. The Hall–Kier alpha value is -2.70. The van der Waals surface area contributed by atoms with Crippen LogP contribution in [0.4, 0.5) is 19.0 Å². The van der Waals surface area contributed by atoms with Gasteiger partial charge in [-0.15, -0.1) is 0 Å². The molecule has 0 saturated carbocycles. The van der Waals surface area contributed by atoms with Crippen LogP contribution in [0.15, 0.2) is 39.6 Å².